The molecular formula is C10H8ClF2IO2. The van der Waals surface area contributed by atoms with Crippen LogP contribution in [0, 0.1) is 3.57 Å². The van der Waals surface area contributed by atoms with Crippen LogP contribution in [0.2, 0.25) is 0 Å². The number of alkyl halides is 3. The lowest BCUT2D eigenvalue weighted by Crippen LogP contribution is -2.11. The van der Waals surface area contributed by atoms with Gasteiger partial charge in [0.1, 0.15) is 5.75 Å². The summed E-state index contributed by atoms with van der Waals surface area (Å²) in [6.07, 6.45) is 0. The van der Waals surface area contributed by atoms with Gasteiger partial charge in [-0.05, 0) is 47.7 Å². The van der Waals surface area contributed by atoms with Gasteiger partial charge in [-0.25, -0.2) is 0 Å². The molecule has 0 aliphatic heterocycles. The average molecular weight is 361 g/mol. The van der Waals surface area contributed by atoms with Crippen molar-refractivity contribution in [1.29, 1.82) is 0 Å². The van der Waals surface area contributed by atoms with Crippen LogP contribution in [0.25, 0.3) is 0 Å². The van der Waals surface area contributed by atoms with Gasteiger partial charge in [0.15, 0.2) is 5.78 Å². The molecule has 6 heteroatoms. The Morgan fingerprint density at radius 3 is 2.56 bits per heavy atom. The molecule has 1 rings (SSSR count). The van der Waals surface area contributed by atoms with Crippen molar-refractivity contribution in [2.24, 2.45) is 0 Å². The molecule has 0 fully saturated rings. The van der Waals surface area contributed by atoms with Gasteiger partial charge in [-0.15, -0.1) is 11.6 Å². The number of ether oxygens (including phenoxy) is 1. The standard InChI is InChI=1S/C10H8ClF2IO2/c1-5(11)9(15)6-2-3-8(7(14)4-6)16-10(12)13/h2-5,10H,1H3. The van der Waals surface area contributed by atoms with E-state index in [0.717, 1.165) is 0 Å². The summed E-state index contributed by atoms with van der Waals surface area (Å²) < 4.78 is 28.6. The molecule has 0 heterocycles. The van der Waals surface area contributed by atoms with Crippen LogP contribution < -0.4 is 4.74 Å². The van der Waals surface area contributed by atoms with Gasteiger partial charge in [0.25, 0.3) is 0 Å². The van der Waals surface area contributed by atoms with Crippen molar-refractivity contribution in [3.63, 3.8) is 0 Å². The van der Waals surface area contributed by atoms with E-state index in [-0.39, 0.29) is 11.5 Å². The van der Waals surface area contributed by atoms with Crippen molar-refractivity contribution in [2.75, 3.05) is 0 Å². The molecule has 0 spiro atoms. The quantitative estimate of drug-likeness (QED) is 0.465. The van der Waals surface area contributed by atoms with E-state index in [4.69, 9.17) is 11.6 Å². The summed E-state index contributed by atoms with van der Waals surface area (Å²) in [5.41, 5.74) is 0.383. The summed E-state index contributed by atoms with van der Waals surface area (Å²) >= 11 is 7.46. The lowest BCUT2D eigenvalue weighted by atomic mass is 10.1. The maximum Gasteiger partial charge on any atom is 0.387 e. The highest BCUT2D eigenvalue weighted by Gasteiger charge is 2.15. The van der Waals surface area contributed by atoms with E-state index < -0.39 is 12.0 Å². The minimum absolute atomic E-state index is 0.0503. The fraction of sp³-hybridized carbons (Fsp3) is 0.300. The predicted molar refractivity (Wildman–Crippen MR) is 65.4 cm³/mol. The van der Waals surface area contributed by atoms with Crippen LogP contribution in [0.3, 0.4) is 0 Å². The van der Waals surface area contributed by atoms with Crippen LogP contribution in [0.5, 0.6) is 5.75 Å². The number of Topliss-reactive ketones (excluding diaryl/α,β-unsaturated/α-hetero) is 1. The zero-order valence-electron chi connectivity index (χ0n) is 8.22. The Labute approximate surface area is 110 Å². The molecule has 0 bridgehead atoms. The van der Waals surface area contributed by atoms with Crippen LogP contribution in [0.1, 0.15) is 17.3 Å². The van der Waals surface area contributed by atoms with E-state index in [9.17, 15) is 13.6 Å². The smallest absolute Gasteiger partial charge is 0.387 e. The molecule has 16 heavy (non-hydrogen) atoms. The van der Waals surface area contributed by atoms with Crippen LogP contribution >= 0.6 is 34.2 Å². The van der Waals surface area contributed by atoms with Crippen molar-refractivity contribution in [3.8, 4) is 5.75 Å². The Morgan fingerprint density at radius 1 is 1.50 bits per heavy atom. The summed E-state index contributed by atoms with van der Waals surface area (Å²) in [5.74, 6) is -0.197. The highest BCUT2D eigenvalue weighted by atomic mass is 127. The summed E-state index contributed by atoms with van der Waals surface area (Å²) in [6.45, 7) is -1.32. The third kappa shape index (κ3) is 3.55. The second-order valence-corrected chi connectivity index (χ2v) is 4.82. The lowest BCUT2D eigenvalue weighted by molar-refractivity contribution is -0.0504. The van der Waals surface area contributed by atoms with E-state index in [2.05, 4.69) is 4.74 Å². The van der Waals surface area contributed by atoms with Crippen molar-refractivity contribution < 1.29 is 18.3 Å². The molecule has 0 aliphatic rings. The third-order valence-electron chi connectivity index (χ3n) is 1.79. The predicted octanol–water partition coefficient (Wildman–Crippen LogP) is 3.70. The monoisotopic (exact) mass is 360 g/mol. The number of ketones is 1. The fourth-order valence-electron chi connectivity index (χ4n) is 1.08. The zero-order valence-corrected chi connectivity index (χ0v) is 11.1. The van der Waals surface area contributed by atoms with Gasteiger partial charge in [-0.1, -0.05) is 0 Å². The molecule has 1 unspecified atom stereocenters. The van der Waals surface area contributed by atoms with Crippen molar-refractivity contribution in [2.45, 2.75) is 18.9 Å². The first-order valence-electron chi connectivity index (χ1n) is 4.34. The van der Waals surface area contributed by atoms with Crippen LogP contribution in [0.15, 0.2) is 18.2 Å². The van der Waals surface area contributed by atoms with Crippen molar-refractivity contribution in [1.82, 2.24) is 0 Å². The first-order valence-corrected chi connectivity index (χ1v) is 5.86. The molecule has 1 aromatic rings. The van der Waals surface area contributed by atoms with Crippen LogP contribution in [0.4, 0.5) is 8.78 Å². The van der Waals surface area contributed by atoms with Crippen molar-refractivity contribution in [3.05, 3.63) is 27.3 Å². The van der Waals surface area contributed by atoms with Gasteiger partial charge in [-0.2, -0.15) is 8.78 Å². The largest absolute Gasteiger partial charge is 0.434 e. The first kappa shape index (κ1) is 13.6. The lowest BCUT2D eigenvalue weighted by Gasteiger charge is -2.08. The molecule has 0 aromatic heterocycles. The average Bonchev–Trinajstić information content (AvgIpc) is 2.19. The summed E-state index contributed by atoms with van der Waals surface area (Å²) in [7, 11) is 0. The molecule has 0 aliphatic carbocycles. The second kappa shape index (κ2) is 5.77. The third-order valence-corrected chi connectivity index (χ3v) is 2.83. The summed E-state index contributed by atoms with van der Waals surface area (Å²) in [5, 5.41) is -0.641. The molecule has 0 saturated carbocycles. The van der Waals surface area contributed by atoms with Gasteiger partial charge < -0.3 is 4.74 Å². The normalized spacial score (nSPS) is 12.6. The topological polar surface area (TPSA) is 26.3 Å². The maximum absolute atomic E-state index is 12.0. The maximum atomic E-state index is 12.0. The zero-order chi connectivity index (χ0) is 12.3. The fourth-order valence-corrected chi connectivity index (χ4v) is 1.84. The number of hydrogen-bond donors (Lipinski definition) is 0. The Morgan fingerprint density at radius 2 is 2.12 bits per heavy atom. The number of carbonyl (C=O) groups excluding carboxylic acids is 1. The van der Waals surface area contributed by atoms with E-state index in [1.807, 2.05) is 22.6 Å². The van der Waals surface area contributed by atoms with Gasteiger partial charge >= 0.3 is 6.61 Å². The minimum atomic E-state index is -2.87. The Bertz CT molecular complexity index is 396. The van der Waals surface area contributed by atoms with Gasteiger partial charge in [-0.3, -0.25) is 4.79 Å². The van der Waals surface area contributed by atoms with Crippen molar-refractivity contribution >= 4 is 40.0 Å². The molecule has 0 N–H and O–H groups in total. The van der Waals surface area contributed by atoms with Crippen LogP contribution in [-0.2, 0) is 0 Å². The molecule has 1 aromatic carbocycles. The Balaban J connectivity index is 2.95. The Hall–Kier alpha value is -0.430. The SMILES string of the molecule is CC(Cl)C(=O)c1ccc(OC(F)F)c(I)c1. The molecule has 2 nitrogen and oxygen atoms in total. The van der Waals surface area contributed by atoms with Gasteiger partial charge in [0.2, 0.25) is 0 Å². The molecule has 0 radical (unpaired) electrons. The highest BCUT2D eigenvalue weighted by Crippen LogP contribution is 2.24. The Kier molecular flexibility index (Phi) is 4.91. The number of rotatable bonds is 4. The number of hydrogen-bond acceptors (Lipinski definition) is 2. The van der Waals surface area contributed by atoms with E-state index in [1.165, 1.54) is 18.2 Å². The molecule has 0 amide bonds. The highest BCUT2D eigenvalue weighted by molar-refractivity contribution is 14.1. The van der Waals surface area contributed by atoms with Gasteiger partial charge in [0.05, 0.1) is 8.95 Å². The summed E-state index contributed by atoms with van der Waals surface area (Å²) in [4.78, 5) is 11.5. The second-order valence-electron chi connectivity index (χ2n) is 3.00. The number of halogens is 4. The summed E-state index contributed by atoms with van der Waals surface area (Å²) in [6, 6.07) is 4.22. The molecule has 0 saturated heterocycles. The van der Waals surface area contributed by atoms with E-state index in [0.29, 0.717) is 9.13 Å². The van der Waals surface area contributed by atoms with Crippen LogP contribution in [-0.4, -0.2) is 17.8 Å². The van der Waals surface area contributed by atoms with E-state index >= 15 is 0 Å². The van der Waals surface area contributed by atoms with Gasteiger partial charge in [0, 0.05) is 5.56 Å². The first-order chi connectivity index (χ1) is 7.41. The number of benzene rings is 1. The molecule has 1 atom stereocenters. The minimum Gasteiger partial charge on any atom is -0.434 e. The number of carbonyl (C=O) groups is 1. The van der Waals surface area contributed by atoms with E-state index in [1.54, 1.807) is 6.92 Å². The molecular weight excluding hydrogens is 352 g/mol. The molecule has 88 valence electrons.